The molecule has 0 saturated carbocycles. The highest BCUT2D eigenvalue weighted by Crippen LogP contribution is 2.31. The largest absolute Gasteiger partial charge is 0.480 e. The van der Waals surface area contributed by atoms with Gasteiger partial charge in [0.25, 0.3) is 5.91 Å². The molecule has 27 heavy (non-hydrogen) atoms. The number of amides is 2. The average Bonchev–Trinajstić information content (AvgIpc) is 3.05. The summed E-state index contributed by atoms with van der Waals surface area (Å²) in [5.74, 6) is 0.157. The van der Waals surface area contributed by atoms with Gasteiger partial charge in [-0.05, 0) is 55.3 Å². The van der Waals surface area contributed by atoms with Gasteiger partial charge < -0.3 is 15.0 Å². The third-order valence-corrected chi connectivity index (χ3v) is 4.94. The summed E-state index contributed by atoms with van der Waals surface area (Å²) < 4.78 is 5.74. The van der Waals surface area contributed by atoms with Crippen LogP contribution in [0.2, 0.25) is 10.0 Å². The van der Waals surface area contributed by atoms with Gasteiger partial charge in [0.05, 0.1) is 6.54 Å². The van der Waals surface area contributed by atoms with Crippen molar-refractivity contribution in [3.63, 3.8) is 0 Å². The zero-order valence-corrected chi connectivity index (χ0v) is 16.6. The summed E-state index contributed by atoms with van der Waals surface area (Å²) in [6, 6.07) is 10.6. The number of fused-ring (bicyclic) bond motifs is 1. The first kappa shape index (κ1) is 19.5. The summed E-state index contributed by atoms with van der Waals surface area (Å²) in [6.45, 7) is 4.05. The number of carbonyl (C=O) groups is 2. The fourth-order valence-electron chi connectivity index (χ4n) is 3.00. The molecule has 2 amide bonds. The molecule has 2 aromatic carbocycles. The quantitative estimate of drug-likeness (QED) is 0.812. The molecule has 1 aliphatic rings. The zero-order valence-electron chi connectivity index (χ0n) is 15.1. The molecule has 1 atom stereocenters. The van der Waals surface area contributed by atoms with Crippen LogP contribution in [0.25, 0.3) is 0 Å². The minimum atomic E-state index is -0.640. The number of halogens is 2. The SMILES string of the molecule is CCN(CC(=O)Nc1cc(Cl)ccc1C)C(=O)[C@H]1Cc2cc(Cl)ccc2O1. The van der Waals surface area contributed by atoms with Gasteiger partial charge in [-0.1, -0.05) is 29.3 Å². The second-order valence-electron chi connectivity index (χ2n) is 6.42. The van der Waals surface area contributed by atoms with Crippen molar-refractivity contribution in [3.8, 4) is 5.75 Å². The predicted octanol–water partition coefficient (Wildman–Crippen LogP) is 4.09. The van der Waals surface area contributed by atoms with Crippen molar-refractivity contribution in [1.29, 1.82) is 0 Å². The molecule has 0 saturated heterocycles. The van der Waals surface area contributed by atoms with Crippen LogP contribution in [0.3, 0.4) is 0 Å². The number of hydrogen-bond acceptors (Lipinski definition) is 3. The third kappa shape index (κ3) is 4.54. The third-order valence-electron chi connectivity index (χ3n) is 4.47. The number of benzene rings is 2. The minimum absolute atomic E-state index is 0.0573. The van der Waals surface area contributed by atoms with Gasteiger partial charge in [0, 0.05) is 28.7 Å². The van der Waals surface area contributed by atoms with Gasteiger partial charge in [0.15, 0.2) is 6.10 Å². The number of anilines is 1. The maximum absolute atomic E-state index is 12.8. The van der Waals surface area contributed by atoms with Crippen LogP contribution in [0.4, 0.5) is 5.69 Å². The number of nitrogens with zero attached hydrogens (tertiary/aromatic N) is 1. The Morgan fingerprint density at radius 1 is 1.19 bits per heavy atom. The first-order chi connectivity index (χ1) is 12.9. The maximum Gasteiger partial charge on any atom is 0.264 e. The van der Waals surface area contributed by atoms with Gasteiger partial charge in [-0.3, -0.25) is 9.59 Å². The summed E-state index contributed by atoms with van der Waals surface area (Å²) >= 11 is 12.0. The normalized spacial score (nSPS) is 15.0. The van der Waals surface area contributed by atoms with Crippen LogP contribution in [-0.2, 0) is 16.0 Å². The van der Waals surface area contributed by atoms with E-state index in [9.17, 15) is 9.59 Å². The molecule has 0 spiro atoms. The smallest absolute Gasteiger partial charge is 0.264 e. The molecule has 0 bridgehead atoms. The van der Waals surface area contributed by atoms with Gasteiger partial charge in [0.2, 0.25) is 5.91 Å². The number of rotatable bonds is 5. The second kappa shape index (κ2) is 8.19. The summed E-state index contributed by atoms with van der Waals surface area (Å²) in [6.07, 6.45) is -0.195. The number of carbonyl (C=O) groups excluding carboxylic acids is 2. The van der Waals surface area contributed by atoms with Crippen molar-refractivity contribution in [2.45, 2.75) is 26.4 Å². The molecular formula is C20H20Cl2N2O3. The predicted molar refractivity (Wildman–Crippen MR) is 107 cm³/mol. The van der Waals surface area contributed by atoms with E-state index in [1.54, 1.807) is 30.3 Å². The number of likely N-dealkylation sites (N-methyl/N-ethyl adjacent to an activating group) is 1. The van der Waals surface area contributed by atoms with E-state index >= 15 is 0 Å². The molecule has 3 rings (SSSR count). The molecular weight excluding hydrogens is 387 g/mol. The van der Waals surface area contributed by atoms with Crippen LogP contribution < -0.4 is 10.1 Å². The molecule has 0 aromatic heterocycles. The second-order valence-corrected chi connectivity index (χ2v) is 7.30. The van der Waals surface area contributed by atoms with Crippen molar-refractivity contribution in [3.05, 3.63) is 57.6 Å². The minimum Gasteiger partial charge on any atom is -0.480 e. The fourth-order valence-corrected chi connectivity index (χ4v) is 3.36. The van der Waals surface area contributed by atoms with Gasteiger partial charge in [-0.15, -0.1) is 0 Å². The average molecular weight is 407 g/mol. The number of hydrogen-bond donors (Lipinski definition) is 1. The molecule has 1 N–H and O–H groups in total. The Balaban J connectivity index is 1.64. The summed E-state index contributed by atoms with van der Waals surface area (Å²) in [5.41, 5.74) is 2.43. The monoisotopic (exact) mass is 406 g/mol. The molecule has 5 nitrogen and oxygen atoms in total. The van der Waals surface area contributed by atoms with E-state index in [1.165, 1.54) is 4.90 Å². The Kier molecular flexibility index (Phi) is 5.92. The number of ether oxygens (including phenoxy) is 1. The van der Waals surface area contributed by atoms with Crippen molar-refractivity contribution >= 4 is 40.7 Å². The molecule has 2 aromatic rings. The highest BCUT2D eigenvalue weighted by molar-refractivity contribution is 6.31. The lowest BCUT2D eigenvalue weighted by Crippen LogP contribution is -2.45. The highest BCUT2D eigenvalue weighted by atomic mass is 35.5. The van der Waals surface area contributed by atoms with E-state index in [-0.39, 0.29) is 18.4 Å². The zero-order chi connectivity index (χ0) is 19.6. The van der Waals surface area contributed by atoms with Crippen LogP contribution in [-0.4, -0.2) is 35.9 Å². The van der Waals surface area contributed by atoms with Gasteiger partial charge in [-0.25, -0.2) is 0 Å². The summed E-state index contributed by atoms with van der Waals surface area (Å²) in [7, 11) is 0. The van der Waals surface area contributed by atoms with E-state index < -0.39 is 6.10 Å². The van der Waals surface area contributed by atoms with Gasteiger partial charge in [-0.2, -0.15) is 0 Å². The van der Waals surface area contributed by atoms with Crippen LogP contribution in [0, 0.1) is 6.92 Å². The summed E-state index contributed by atoms with van der Waals surface area (Å²) in [4.78, 5) is 26.7. The molecule has 7 heteroatoms. The molecule has 0 aliphatic carbocycles. The van der Waals surface area contributed by atoms with Gasteiger partial charge in [0.1, 0.15) is 5.75 Å². The first-order valence-electron chi connectivity index (χ1n) is 8.67. The van der Waals surface area contributed by atoms with Crippen molar-refractivity contribution in [2.24, 2.45) is 0 Å². The molecule has 0 radical (unpaired) electrons. The Morgan fingerprint density at radius 3 is 2.63 bits per heavy atom. The Bertz CT molecular complexity index is 886. The maximum atomic E-state index is 12.8. The van der Waals surface area contributed by atoms with Crippen LogP contribution in [0.1, 0.15) is 18.1 Å². The standard InChI is InChI=1S/C20H20Cl2N2O3/c1-3-24(11-19(25)23-16-10-15(22)5-4-12(16)2)20(26)18-9-13-8-14(21)6-7-17(13)27-18/h4-8,10,18H,3,9,11H2,1-2H3,(H,23,25)/t18-/m1/s1. The van der Waals surface area contributed by atoms with E-state index in [2.05, 4.69) is 5.32 Å². The molecule has 1 aliphatic heterocycles. The van der Waals surface area contributed by atoms with Crippen molar-refractivity contribution in [2.75, 3.05) is 18.4 Å². The number of aryl methyl sites for hydroxylation is 1. The van der Waals surface area contributed by atoms with Crippen molar-refractivity contribution in [1.82, 2.24) is 4.90 Å². The molecule has 1 heterocycles. The van der Waals surface area contributed by atoms with E-state index in [0.717, 1.165) is 11.1 Å². The first-order valence-corrected chi connectivity index (χ1v) is 9.43. The van der Waals surface area contributed by atoms with Crippen LogP contribution >= 0.6 is 23.2 Å². The lowest BCUT2D eigenvalue weighted by molar-refractivity contribution is -0.140. The van der Waals surface area contributed by atoms with E-state index in [1.807, 2.05) is 19.9 Å². The summed E-state index contributed by atoms with van der Waals surface area (Å²) in [5, 5.41) is 3.95. The lowest BCUT2D eigenvalue weighted by Gasteiger charge is -2.23. The Morgan fingerprint density at radius 2 is 1.89 bits per heavy atom. The topological polar surface area (TPSA) is 58.6 Å². The van der Waals surface area contributed by atoms with Crippen LogP contribution in [0.5, 0.6) is 5.75 Å². The number of nitrogens with one attached hydrogen (secondary N) is 1. The van der Waals surface area contributed by atoms with Gasteiger partial charge >= 0.3 is 0 Å². The lowest BCUT2D eigenvalue weighted by atomic mass is 10.1. The molecule has 142 valence electrons. The Hall–Kier alpha value is -2.24. The highest BCUT2D eigenvalue weighted by Gasteiger charge is 2.32. The molecule has 0 fully saturated rings. The fraction of sp³-hybridized carbons (Fsp3) is 0.300. The van der Waals surface area contributed by atoms with E-state index in [0.29, 0.717) is 34.4 Å². The molecule has 0 unspecified atom stereocenters. The van der Waals surface area contributed by atoms with Crippen LogP contribution in [0.15, 0.2) is 36.4 Å². The Labute approximate surface area is 168 Å². The van der Waals surface area contributed by atoms with Crippen molar-refractivity contribution < 1.29 is 14.3 Å². The van der Waals surface area contributed by atoms with E-state index in [4.69, 9.17) is 27.9 Å².